The van der Waals surface area contributed by atoms with Gasteiger partial charge in [-0.2, -0.15) is 0 Å². The lowest BCUT2D eigenvalue weighted by Gasteiger charge is -2.68. The van der Waals surface area contributed by atoms with E-state index in [2.05, 4.69) is 18.4 Å². The van der Waals surface area contributed by atoms with Crippen LogP contribution in [0.15, 0.2) is 12.2 Å². The highest BCUT2D eigenvalue weighted by Crippen LogP contribution is 2.88. The summed E-state index contributed by atoms with van der Waals surface area (Å²) in [5, 5.41) is 13.0. The molecule has 14 atom stereocenters. The van der Waals surface area contributed by atoms with Gasteiger partial charge in [0, 0.05) is 61.6 Å². The molecule has 2 spiro atoms. The number of rotatable bonds is 5. The molecule has 3 saturated heterocycles. The zero-order chi connectivity index (χ0) is 28.9. The van der Waals surface area contributed by atoms with Crippen LogP contribution < -0.4 is 0 Å². The molecule has 0 aromatic carbocycles. The summed E-state index contributed by atoms with van der Waals surface area (Å²) in [5.41, 5.74) is -2.45. The van der Waals surface area contributed by atoms with Crippen LogP contribution in [0.1, 0.15) is 60.8 Å². The number of esters is 4. The molecule has 40 heavy (non-hydrogen) atoms. The van der Waals surface area contributed by atoms with Gasteiger partial charge in [0.15, 0.2) is 0 Å². The maximum Gasteiger partial charge on any atom is 0.308 e. The van der Waals surface area contributed by atoms with Gasteiger partial charge in [0.1, 0.15) is 30.0 Å². The van der Waals surface area contributed by atoms with Gasteiger partial charge in [-0.1, -0.05) is 32.9 Å². The Labute approximate surface area is 233 Å². The summed E-state index contributed by atoms with van der Waals surface area (Å²) in [5.74, 6) is -2.94. The molecular weight excluding hydrogens is 518 g/mol. The molecule has 0 aromatic rings. The molecule has 3 heterocycles. The highest BCUT2D eigenvalue weighted by atomic mass is 16.6. The van der Waals surface area contributed by atoms with E-state index in [0.717, 1.165) is 5.57 Å². The summed E-state index contributed by atoms with van der Waals surface area (Å²) >= 11 is 0. The smallest absolute Gasteiger partial charge is 0.308 e. The van der Waals surface area contributed by atoms with Crippen LogP contribution in [-0.2, 0) is 38.1 Å². The van der Waals surface area contributed by atoms with E-state index < -0.39 is 70.1 Å². The molecule has 1 N–H and O–H groups in total. The lowest BCUT2D eigenvalue weighted by molar-refractivity contribution is -0.288. The second kappa shape index (κ2) is 7.68. The van der Waals surface area contributed by atoms with Gasteiger partial charge in [-0.15, -0.1) is 0 Å². The average molecular weight is 558 g/mol. The van der Waals surface area contributed by atoms with Gasteiger partial charge < -0.3 is 24.1 Å². The SMILES string of the molecule is C=C1C[C@]23C[C@H]4[C@@H]5[C@]6(C)CN4C4C2(O)C(OC(C)=O)[C@H]1[C@@H](OC(C)=O)[C@H]3[C@@]45C[C@@H](OC(=O)C(C)C)[C@H]6OC(C)=O. The molecule has 10 nitrogen and oxygen atoms in total. The van der Waals surface area contributed by atoms with E-state index in [0.29, 0.717) is 25.8 Å². The molecule has 9 rings (SSSR count). The van der Waals surface area contributed by atoms with E-state index >= 15 is 0 Å². The third-order valence-electron chi connectivity index (χ3n) is 12.1. The van der Waals surface area contributed by atoms with Crippen molar-refractivity contribution in [2.75, 3.05) is 6.54 Å². The van der Waals surface area contributed by atoms with Crippen molar-refractivity contribution in [3.8, 4) is 0 Å². The average Bonchev–Trinajstić information content (AvgIpc) is 3.25. The molecule has 218 valence electrons. The molecule has 6 aliphatic carbocycles. The fourth-order valence-corrected chi connectivity index (χ4v) is 11.9. The molecule has 9 bridgehead atoms. The molecule has 0 radical (unpaired) electrons. The van der Waals surface area contributed by atoms with Crippen LogP contribution >= 0.6 is 0 Å². The van der Waals surface area contributed by atoms with Gasteiger partial charge in [0.25, 0.3) is 0 Å². The minimum absolute atomic E-state index is 0.00310. The molecule has 10 heteroatoms. The van der Waals surface area contributed by atoms with Crippen LogP contribution in [0.4, 0.5) is 0 Å². The topological polar surface area (TPSA) is 129 Å². The quantitative estimate of drug-likeness (QED) is 0.303. The van der Waals surface area contributed by atoms with E-state index in [-0.39, 0.29) is 35.8 Å². The predicted octanol–water partition coefficient (Wildman–Crippen LogP) is 1.77. The Bertz CT molecular complexity index is 1260. The Morgan fingerprint density at radius 3 is 2.17 bits per heavy atom. The normalized spacial score (nSPS) is 53.5. The Morgan fingerprint density at radius 1 is 0.950 bits per heavy atom. The fraction of sp³-hybridized carbons (Fsp3) is 0.800. The van der Waals surface area contributed by atoms with E-state index in [9.17, 15) is 24.3 Å². The largest absolute Gasteiger partial charge is 0.461 e. The second-order valence-corrected chi connectivity index (χ2v) is 14.2. The number of ether oxygens (including phenoxy) is 4. The minimum atomic E-state index is -1.39. The van der Waals surface area contributed by atoms with Crippen LogP contribution in [0.25, 0.3) is 0 Å². The number of nitrogens with zero attached hydrogens (tertiary/aromatic N) is 1. The second-order valence-electron chi connectivity index (χ2n) is 14.2. The molecule has 0 aromatic heterocycles. The number of carbonyl (C=O) groups is 4. The van der Waals surface area contributed by atoms with Crippen LogP contribution in [0, 0.1) is 39.9 Å². The fourth-order valence-electron chi connectivity index (χ4n) is 11.9. The highest BCUT2D eigenvalue weighted by Gasteiger charge is 2.97. The van der Waals surface area contributed by atoms with Crippen molar-refractivity contribution in [1.82, 2.24) is 4.90 Å². The van der Waals surface area contributed by atoms with Crippen molar-refractivity contribution in [3.63, 3.8) is 0 Å². The maximum atomic E-state index is 13.0. The number of carbonyl (C=O) groups excluding carboxylic acids is 4. The first-order valence-corrected chi connectivity index (χ1v) is 14.5. The van der Waals surface area contributed by atoms with Crippen molar-refractivity contribution in [2.45, 2.75) is 103 Å². The molecule has 3 aliphatic heterocycles. The zero-order valence-corrected chi connectivity index (χ0v) is 24.0. The number of fused-ring (bicyclic) bond motifs is 1. The minimum Gasteiger partial charge on any atom is -0.461 e. The van der Waals surface area contributed by atoms with Crippen LogP contribution in [0.3, 0.4) is 0 Å². The van der Waals surface area contributed by atoms with Crippen molar-refractivity contribution in [2.24, 2.45) is 39.9 Å². The summed E-state index contributed by atoms with van der Waals surface area (Å²) in [4.78, 5) is 52.8. The third-order valence-corrected chi connectivity index (χ3v) is 12.1. The summed E-state index contributed by atoms with van der Waals surface area (Å²) in [6.07, 6.45) is -1.38. The van der Waals surface area contributed by atoms with Crippen LogP contribution in [0.2, 0.25) is 0 Å². The first-order valence-electron chi connectivity index (χ1n) is 14.5. The van der Waals surface area contributed by atoms with Crippen molar-refractivity contribution in [1.29, 1.82) is 0 Å². The Morgan fingerprint density at radius 2 is 1.57 bits per heavy atom. The number of hydrogen-bond acceptors (Lipinski definition) is 10. The van der Waals surface area contributed by atoms with Crippen molar-refractivity contribution in [3.05, 3.63) is 12.2 Å². The van der Waals surface area contributed by atoms with E-state index in [1.807, 2.05) is 0 Å². The number of piperidine rings is 2. The predicted molar refractivity (Wildman–Crippen MR) is 137 cm³/mol. The Kier molecular flexibility index (Phi) is 5.07. The summed E-state index contributed by atoms with van der Waals surface area (Å²) < 4.78 is 24.3. The zero-order valence-electron chi connectivity index (χ0n) is 24.0. The van der Waals surface area contributed by atoms with E-state index in [4.69, 9.17) is 18.9 Å². The van der Waals surface area contributed by atoms with E-state index in [1.165, 1.54) is 20.8 Å². The number of hydrogen-bond donors (Lipinski definition) is 1. The van der Waals surface area contributed by atoms with Gasteiger partial charge in [-0.05, 0) is 25.2 Å². The summed E-state index contributed by atoms with van der Waals surface area (Å²) in [7, 11) is 0. The Hall–Kier alpha value is -2.46. The molecule has 0 amide bonds. The number of aliphatic hydroxyl groups is 1. The first-order chi connectivity index (χ1) is 18.6. The van der Waals surface area contributed by atoms with Crippen molar-refractivity contribution < 1.29 is 43.2 Å². The molecular formula is C30H39NO9. The first kappa shape index (κ1) is 26.4. The van der Waals surface area contributed by atoms with Gasteiger partial charge >= 0.3 is 23.9 Å². The van der Waals surface area contributed by atoms with E-state index in [1.54, 1.807) is 13.8 Å². The maximum absolute atomic E-state index is 13.0. The van der Waals surface area contributed by atoms with Crippen molar-refractivity contribution >= 4 is 23.9 Å². The lowest BCUT2D eigenvalue weighted by Crippen LogP contribution is -2.77. The van der Waals surface area contributed by atoms with Gasteiger partial charge in [-0.3, -0.25) is 24.1 Å². The third kappa shape index (κ3) is 2.65. The molecule has 9 aliphatic rings. The van der Waals surface area contributed by atoms with Crippen LogP contribution in [0.5, 0.6) is 0 Å². The van der Waals surface area contributed by atoms with Gasteiger partial charge in [0.05, 0.1) is 11.8 Å². The van der Waals surface area contributed by atoms with Crippen LogP contribution in [-0.4, -0.2) is 82.5 Å². The summed E-state index contributed by atoms with van der Waals surface area (Å²) in [6.45, 7) is 14.6. The lowest BCUT2D eigenvalue weighted by atomic mass is 9.38. The van der Waals surface area contributed by atoms with Gasteiger partial charge in [-0.25, -0.2) is 0 Å². The molecule has 6 saturated carbocycles. The Balaban J connectivity index is 1.45. The highest BCUT2D eigenvalue weighted by molar-refractivity contribution is 5.72. The monoisotopic (exact) mass is 557 g/mol. The standard InChI is InChI=1S/C30H39NO9/c1-12(2)25(35)40-18-10-29-21-17-9-28-8-13(3)19(20(22(28)29)37-14(4)32)24(39-16(6)34)30(28,36)26(29)31(17)11-27(21,7)23(18)38-15(5)33/h12,17-24,26,36H,3,8-11H2,1-2,4-7H3/t17-,18+,19+,20+,21+,22+,23+,24?,26?,27-,28+,29-,30?/m0/s1. The molecule has 9 fully saturated rings. The van der Waals surface area contributed by atoms with Gasteiger partial charge in [0.2, 0.25) is 0 Å². The summed E-state index contributed by atoms with van der Waals surface area (Å²) in [6, 6.07) is -0.286. The molecule has 4 unspecified atom stereocenters.